The van der Waals surface area contributed by atoms with Gasteiger partial charge in [0.2, 0.25) is 11.7 Å². The van der Waals surface area contributed by atoms with Gasteiger partial charge in [-0.2, -0.15) is 0 Å². The number of benzene rings is 1. The van der Waals surface area contributed by atoms with Crippen molar-refractivity contribution < 1.29 is 19.4 Å². The van der Waals surface area contributed by atoms with Crippen molar-refractivity contribution in [2.75, 3.05) is 14.2 Å². The van der Waals surface area contributed by atoms with Crippen LogP contribution in [0.2, 0.25) is 0 Å². The van der Waals surface area contributed by atoms with E-state index >= 15 is 0 Å². The normalized spacial score (nSPS) is 11.2. The number of phenolic OH excluding ortho intramolecular Hbond substituents is 1. The van der Waals surface area contributed by atoms with E-state index in [1.54, 1.807) is 12.1 Å². The topological polar surface area (TPSA) is 93.8 Å². The van der Waals surface area contributed by atoms with Gasteiger partial charge >= 0.3 is 0 Å². The summed E-state index contributed by atoms with van der Waals surface area (Å²) in [5.74, 6) is 0.293. The maximum absolute atomic E-state index is 11.0. The lowest BCUT2D eigenvalue weighted by Gasteiger charge is -2.25. The number of methoxy groups -OCH3 is 2. The van der Waals surface area contributed by atoms with Crippen LogP contribution in [-0.4, -0.2) is 30.8 Å². The standard InChI is InChI=1S/C14H22N2O4/c1-14(2,7-12(15)17)16-8-9-5-10(19-3)13(18)11(6-9)20-4/h5-6,16,18H,7-8H2,1-4H3,(H2,15,17). The first-order valence-corrected chi connectivity index (χ1v) is 6.26. The van der Waals surface area contributed by atoms with E-state index in [0.717, 1.165) is 5.56 Å². The second kappa shape index (κ2) is 6.47. The highest BCUT2D eigenvalue weighted by molar-refractivity contribution is 5.75. The summed E-state index contributed by atoms with van der Waals surface area (Å²) in [5.41, 5.74) is 5.66. The highest BCUT2D eigenvalue weighted by Crippen LogP contribution is 2.37. The minimum Gasteiger partial charge on any atom is -0.502 e. The molecule has 0 saturated carbocycles. The molecule has 0 heterocycles. The van der Waals surface area contributed by atoms with Gasteiger partial charge in [-0.25, -0.2) is 0 Å². The monoisotopic (exact) mass is 282 g/mol. The zero-order valence-electron chi connectivity index (χ0n) is 12.3. The fraction of sp³-hybridized carbons (Fsp3) is 0.500. The van der Waals surface area contributed by atoms with Crippen molar-refractivity contribution >= 4 is 5.91 Å². The van der Waals surface area contributed by atoms with Crippen LogP contribution >= 0.6 is 0 Å². The van der Waals surface area contributed by atoms with E-state index in [4.69, 9.17) is 15.2 Å². The largest absolute Gasteiger partial charge is 0.502 e. The highest BCUT2D eigenvalue weighted by Gasteiger charge is 2.20. The summed E-state index contributed by atoms with van der Waals surface area (Å²) in [7, 11) is 2.95. The number of amides is 1. The van der Waals surface area contributed by atoms with Crippen LogP contribution in [0.1, 0.15) is 25.8 Å². The summed E-state index contributed by atoms with van der Waals surface area (Å²) in [5, 5.41) is 13.1. The van der Waals surface area contributed by atoms with Crippen LogP contribution in [0.3, 0.4) is 0 Å². The van der Waals surface area contributed by atoms with Crippen molar-refractivity contribution in [3.05, 3.63) is 17.7 Å². The van der Waals surface area contributed by atoms with E-state index in [2.05, 4.69) is 5.32 Å². The summed E-state index contributed by atoms with van der Waals surface area (Å²) in [4.78, 5) is 11.0. The fourth-order valence-electron chi connectivity index (χ4n) is 1.89. The quantitative estimate of drug-likeness (QED) is 0.697. The maximum Gasteiger partial charge on any atom is 0.219 e. The van der Waals surface area contributed by atoms with E-state index in [-0.39, 0.29) is 18.1 Å². The molecule has 0 spiro atoms. The van der Waals surface area contributed by atoms with Gasteiger partial charge in [0, 0.05) is 18.5 Å². The molecule has 0 radical (unpaired) electrons. The zero-order valence-corrected chi connectivity index (χ0v) is 12.3. The van der Waals surface area contributed by atoms with Gasteiger partial charge in [-0.15, -0.1) is 0 Å². The minimum atomic E-state index is -0.413. The Kier molecular flexibility index (Phi) is 5.21. The molecule has 0 aromatic heterocycles. The van der Waals surface area contributed by atoms with Crippen LogP contribution in [0.5, 0.6) is 17.2 Å². The van der Waals surface area contributed by atoms with Crippen LogP contribution in [-0.2, 0) is 11.3 Å². The summed E-state index contributed by atoms with van der Waals surface area (Å²) in [6.45, 7) is 4.28. The van der Waals surface area contributed by atoms with E-state index in [1.165, 1.54) is 14.2 Å². The molecule has 0 aliphatic rings. The maximum atomic E-state index is 11.0. The summed E-state index contributed by atoms with van der Waals surface area (Å²) >= 11 is 0. The summed E-state index contributed by atoms with van der Waals surface area (Å²) in [6, 6.07) is 3.43. The predicted molar refractivity (Wildman–Crippen MR) is 75.9 cm³/mol. The molecule has 112 valence electrons. The molecule has 4 N–H and O–H groups in total. The van der Waals surface area contributed by atoms with E-state index in [0.29, 0.717) is 18.0 Å². The zero-order chi connectivity index (χ0) is 15.3. The average Bonchev–Trinajstić information content (AvgIpc) is 2.36. The second-order valence-corrected chi connectivity index (χ2v) is 5.23. The van der Waals surface area contributed by atoms with Crippen molar-refractivity contribution in [3.63, 3.8) is 0 Å². The molecule has 1 aromatic rings. The van der Waals surface area contributed by atoms with Gasteiger partial charge in [-0.05, 0) is 31.5 Å². The molecule has 1 amide bonds. The van der Waals surface area contributed by atoms with E-state index in [9.17, 15) is 9.90 Å². The number of nitrogens with two attached hydrogens (primary N) is 1. The number of hydrogen-bond acceptors (Lipinski definition) is 5. The number of primary amides is 1. The molecular formula is C14H22N2O4. The molecule has 0 atom stereocenters. The number of carbonyl (C=O) groups excluding carboxylic acids is 1. The molecule has 0 saturated heterocycles. The van der Waals surface area contributed by atoms with Crippen molar-refractivity contribution in [2.24, 2.45) is 5.73 Å². The van der Waals surface area contributed by atoms with Crippen LogP contribution in [0.25, 0.3) is 0 Å². The first kappa shape index (κ1) is 16.1. The van der Waals surface area contributed by atoms with Gasteiger partial charge in [0.15, 0.2) is 11.5 Å². The molecule has 0 unspecified atom stereocenters. The third kappa shape index (κ3) is 4.31. The molecule has 6 heteroatoms. The molecule has 0 fully saturated rings. The lowest BCUT2D eigenvalue weighted by Crippen LogP contribution is -2.42. The Morgan fingerprint density at radius 2 is 1.80 bits per heavy atom. The lowest BCUT2D eigenvalue weighted by atomic mass is 10.00. The van der Waals surface area contributed by atoms with Gasteiger partial charge in [0.1, 0.15) is 0 Å². The third-order valence-corrected chi connectivity index (χ3v) is 2.93. The summed E-state index contributed by atoms with van der Waals surface area (Å²) in [6.07, 6.45) is 0.235. The molecule has 0 aliphatic carbocycles. The Morgan fingerprint density at radius 1 is 1.30 bits per heavy atom. The number of ether oxygens (including phenoxy) is 2. The van der Waals surface area contributed by atoms with E-state index in [1.807, 2.05) is 13.8 Å². The Balaban J connectivity index is 2.85. The van der Waals surface area contributed by atoms with E-state index < -0.39 is 5.54 Å². The minimum absolute atomic E-state index is 0.0323. The van der Waals surface area contributed by atoms with Crippen LogP contribution in [0, 0.1) is 0 Å². The van der Waals surface area contributed by atoms with Crippen molar-refractivity contribution in [1.82, 2.24) is 5.32 Å². The first-order valence-electron chi connectivity index (χ1n) is 6.26. The lowest BCUT2D eigenvalue weighted by molar-refractivity contribution is -0.119. The molecule has 6 nitrogen and oxygen atoms in total. The second-order valence-electron chi connectivity index (χ2n) is 5.23. The molecular weight excluding hydrogens is 260 g/mol. The highest BCUT2D eigenvalue weighted by atomic mass is 16.5. The Bertz CT molecular complexity index is 461. The Hall–Kier alpha value is -1.95. The van der Waals surface area contributed by atoms with Gasteiger partial charge in [-0.3, -0.25) is 4.79 Å². The summed E-state index contributed by atoms with van der Waals surface area (Å²) < 4.78 is 10.2. The van der Waals surface area contributed by atoms with Gasteiger partial charge < -0.3 is 25.6 Å². The van der Waals surface area contributed by atoms with Crippen LogP contribution in [0.15, 0.2) is 12.1 Å². The molecule has 0 bridgehead atoms. The van der Waals surface area contributed by atoms with Crippen molar-refractivity contribution in [2.45, 2.75) is 32.4 Å². The average molecular weight is 282 g/mol. The van der Waals surface area contributed by atoms with Crippen LogP contribution < -0.4 is 20.5 Å². The third-order valence-electron chi connectivity index (χ3n) is 2.93. The number of nitrogens with one attached hydrogen (secondary N) is 1. The smallest absolute Gasteiger partial charge is 0.219 e. The van der Waals surface area contributed by atoms with Gasteiger partial charge in [0.25, 0.3) is 0 Å². The first-order chi connectivity index (χ1) is 9.29. The number of hydrogen-bond donors (Lipinski definition) is 3. The molecule has 20 heavy (non-hydrogen) atoms. The number of carbonyl (C=O) groups is 1. The van der Waals surface area contributed by atoms with Gasteiger partial charge in [-0.1, -0.05) is 0 Å². The number of rotatable bonds is 7. The Morgan fingerprint density at radius 3 is 2.20 bits per heavy atom. The van der Waals surface area contributed by atoms with Crippen molar-refractivity contribution in [1.29, 1.82) is 0 Å². The Labute approximate surface area is 118 Å². The molecule has 1 aromatic carbocycles. The molecule has 0 aliphatic heterocycles. The number of aromatic hydroxyl groups is 1. The van der Waals surface area contributed by atoms with Crippen molar-refractivity contribution in [3.8, 4) is 17.2 Å². The fourth-order valence-corrected chi connectivity index (χ4v) is 1.89. The number of phenols is 1. The predicted octanol–water partition coefficient (Wildman–Crippen LogP) is 1.15. The van der Waals surface area contributed by atoms with Crippen LogP contribution in [0.4, 0.5) is 0 Å². The SMILES string of the molecule is COc1cc(CNC(C)(C)CC(N)=O)cc(OC)c1O. The molecule has 1 rings (SSSR count). The van der Waals surface area contributed by atoms with Gasteiger partial charge in [0.05, 0.1) is 14.2 Å².